The third-order valence-electron chi connectivity index (χ3n) is 2.66. The second-order valence-corrected chi connectivity index (χ2v) is 5.87. The fourth-order valence-corrected chi connectivity index (χ4v) is 1.73. The number of aliphatic hydroxyl groups excluding tert-OH is 1. The molecule has 1 amide bonds. The zero-order valence-electron chi connectivity index (χ0n) is 13.4. The molecule has 0 fully saturated rings. The summed E-state index contributed by atoms with van der Waals surface area (Å²) in [5.41, 5.74) is 0.427. The first kappa shape index (κ1) is 17.3. The number of amides is 1. The number of carbonyl (C=O) groups is 1. The standard InChI is InChI=1S/C16H25NO4/c1-6-20-14-9-12(10-18)7-8-13(14)21-11(2)15(19)17-16(3,4)5/h7-9,11,18H,6,10H2,1-5H3,(H,17,19). The molecule has 0 spiro atoms. The minimum absolute atomic E-state index is 0.0690. The van der Waals surface area contributed by atoms with Gasteiger partial charge in [-0.1, -0.05) is 6.07 Å². The summed E-state index contributed by atoms with van der Waals surface area (Å²) in [7, 11) is 0. The molecule has 1 unspecified atom stereocenters. The van der Waals surface area contributed by atoms with E-state index in [1.54, 1.807) is 25.1 Å². The molecule has 0 aliphatic heterocycles. The van der Waals surface area contributed by atoms with Crippen molar-refractivity contribution in [1.82, 2.24) is 5.32 Å². The van der Waals surface area contributed by atoms with Crippen LogP contribution in [0.25, 0.3) is 0 Å². The van der Waals surface area contributed by atoms with Crippen molar-refractivity contribution in [3.05, 3.63) is 23.8 Å². The second-order valence-electron chi connectivity index (χ2n) is 5.87. The predicted molar refractivity (Wildman–Crippen MR) is 81.5 cm³/mol. The molecule has 1 atom stereocenters. The first-order valence-corrected chi connectivity index (χ1v) is 7.12. The molecule has 21 heavy (non-hydrogen) atoms. The summed E-state index contributed by atoms with van der Waals surface area (Å²) in [5.74, 6) is 0.834. The second kappa shape index (κ2) is 7.31. The first-order chi connectivity index (χ1) is 9.76. The normalized spacial score (nSPS) is 12.7. The number of hydrogen-bond acceptors (Lipinski definition) is 4. The van der Waals surface area contributed by atoms with E-state index in [9.17, 15) is 4.79 Å². The van der Waals surface area contributed by atoms with E-state index in [1.807, 2.05) is 27.7 Å². The van der Waals surface area contributed by atoms with Gasteiger partial charge < -0.3 is 19.9 Å². The third kappa shape index (κ3) is 5.63. The molecule has 5 nitrogen and oxygen atoms in total. The molecule has 0 aromatic heterocycles. The van der Waals surface area contributed by atoms with Gasteiger partial charge in [-0.05, 0) is 52.3 Å². The van der Waals surface area contributed by atoms with Gasteiger partial charge in [-0.2, -0.15) is 0 Å². The van der Waals surface area contributed by atoms with Crippen molar-refractivity contribution in [3.63, 3.8) is 0 Å². The van der Waals surface area contributed by atoms with Crippen LogP contribution in [-0.2, 0) is 11.4 Å². The Labute approximate surface area is 126 Å². The Kier molecular flexibility index (Phi) is 6.03. The molecule has 5 heteroatoms. The van der Waals surface area contributed by atoms with Crippen molar-refractivity contribution in [2.75, 3.05) is 6.61 Å². The van der Waals surface area contributed by atoms with Gasteiger partial charge in [0, 0.05) is 5.54 Å². The minimum Gasteiger partial charge on any atom is -0.490 e. The van der Waals surface area contributed by atoms with Crippen LogP contribution in [0.4, 0.5) is 0 Å². The minimum atomic E-state index is -0.636. The van der Waals surface area contributed by atoms with Crippen molar-refractivity contribution in [2.45, 2.75) is 52.9 Å². The highest BCUT2D eigenvalue weighted by Crippen LogP contribution is 2.29. The molecule has 0 aliphatic rings. The summed E-state index contributed by atoms with van der Waals surface area (Å²) in [5, 5.41) is 12.0. The SMILES string of the molecule is CCOc1cc(CO)ccc1OC(C)C(=O)NC(C)(C)C. The van der Waals surface area contributed by atoms with Crippen LogP contribution in [-0.4, -0.2) is 29.3 Å². The average molecular weight is 295 g/mol. The van der Waals surface area contributed by atoms with E-state index in [2.05, 4.69) is 5.32 Å². The monoisotopic (exact) mass is 295 g/mol. The van der Waals surface area contributed by atoms with Crippen LogP contribution in [0.3, 0.4) is 0 Å². The fraction of sp³-hybridized carbons (Fsp3) is 0.562. The van der Waals surface area contributed by atoms with Gasteiger partial charge in [0.05, 0.1) is 13.2 Å². The van der Waals surface area contributed by atoms with E-state index in [0.717, 1.165) is 5.56 Å². The van der Waals surface area contributed by atoms with Gasteiger partial charge in [-0.3, -0.25) is 4.79 Å². The highest BCUT2D eigenvalue weighted by atomic mass is 16.5. The molecule has 0 saturated heterocycles. The van der Waals surface area contributed by atoms with E-state index in [0.29, 0.717) is 18.1 Å². The maximum atomic E-state index is 12.0. The lowest BCUT2D eigenvalue weighted by Gasteiger charge is -2.24. The Balaban J connectivity index is 2.83. The van der Waals surface area contributed by atoms with Gasteiger partial charge in [-0.25, -0.2) is 0 Å². The zero-order chi connectivity index (χ0) is 16.0. The van der Waals surface area contributed by atoms with Crippen LogP contribution >= 0.6 is 0 Å². The molecule has 0 heterocycles. The number of benzene rings is 1. The molecule has 1 aromatic carbocycles. The van der Waals surface area contributed by atoms with Crippen molar-refractivity contribution in [1.29, 1.82) is 0 Å². The maximum absolute atomic E-state index is 12.0. The lowest BCUT2D eigenvalue weighted by molar-refractivity contribution is -0.128. The highest BCUT2D eigenvalue weighted by molar-refractivity contribution is 5.81. The molecule has 0 saturated carbocycles. The molecule has 1 rings (SSSR count). The van der Waals surface area contributed by atoms with E-state index in [1.165, 1.54) is 0 Å². The molecule has 0 aliphatic carbocycles. The number of carbonyl (C=O) groups excluding carboxylic acids is 1. The molecule has 0 radical (unpaired) electrons. The van der Waals surface area contributed by atoms with Crippen LogP contribution in [0.5, 0.6) is 11.5 Å². The number of rotatable bonds is 6. The van der Waals surface area contributed by atoms with Gasteiger partial charge in [0.15, 0.2) is 17.6 Å². The Hall–Kier alpha value is -1.75. The van der Waals surface area contributed by atoms with Gasteiger partial charge in [-0.15, -0.1) is 0 Å². The maximum Gasteiger partial charge on any atom is 0.261 e. The van der Waals surface area contributed by atoms with E-state index < -0.39 is 6.10 Å². The number of aliphatic hydroxyl groups is 1. The zero-order valence-corrected chi connectivity index (χ0v) is 13.4. The van der Waals surface area contributed by atoms with Crippen molar-refractivity contribution >= 4 is 5.91 Å². The van der Waals surface area contributed by atoms with Crippen LogP contribution in [0.2, 0.25) is 0 Å². The van der Waals surface area contributed by atoms with Gasteiger partial charge >= 0.3 is 0 Å². The van der Waals surface area contributed by atoms with Crippen LogP contribution in [0, 0.1) is 0 Å². The Morgan fingerprint density at radius 1 is 1.33 bits per heavy atom. The van der Waals surface area contributed by atoms with Crippen LogP contribution < -0.4 is 14.8 Å². The number of ether oxygens (including phenoxy) is 2. The van der Waals surface area contributed by atoms with Crippen molar-refractivity contribution in [3.8, 4) is 11.5 Å². The predicted octanol–water partition coefficient (Wildman–Crippen LogP) is 2.26. The summed E-state index contributed by atoms with van der Waals surface area (Å²) < 4.78 is 11.2. The summed E-state index contributed by atoms with van der Waals surface area (Å²) in [6, 6.07) is 5.16. The molecular weight excluding hydrogens is 270 g/mol. The van der Waals surface area contributed by atoms with Crippen molar-refractivity contribution < 1.29 is 19.4 Å². The lowest BCUT2D eigenvalue weighted by atomic mass is 10.1. The number of hydrogen-bond donors (Lipinski definition) is 2. The summed E-state index contributed by atoms with van der Waals surface area (Å²) in [6.07, 6.45) is -0.636. The third-order valence-corrected chi connectivity index (χ3v) is 2.66. The quantitative estimate of drug-likeness (QED) is 0.844. The van der Waals surface area contributed by atoms with E-state index in [4.69, 9.17) is 14.6 Å². The smallest absolute Gasteiger partial charge is 0.261 e. The molecular formula is C16H25NO4. The van der Waals surface area contributed by atoms with E-state index >= 15 is 0 Å². The number of nitrogens with one attached hydrogen (secondary N) is 1. The lowest BCUT2D eigenvalue weighted by Crippen LogP contribution is -2.46. The van der Waals surface area contributed by atoms with E-state index in [-0.39, 0.29) is 18.1 Å². The van der Waals surface area contributed by atoms with Gasteiger partial charge in [0.25, 0.3) is 5.91 Å². The summed E-state index contributed by atoms with van der Waals surface area (Å²) >= 11 is 0. The van der Waals surface area contributed by atoms with Crippen LogP contribution in [0.1, 0.15) is 40.2 Å². The highest BCUT2D eigenvalue weighted by Gasteiger charge is 2.21. The van der Waals surface area contributed by atoms with Crippen molar-refractivity contribution in [2.24, 2.45) is 0 Å². The largest absolute Gasteiger partial charge is 0.490 e. The topological polar surface area (TPSA) is 67.8 Å². The molecule has 2 N–H and O–H groups in total. The molecule has 0 bridgehead atoms. The van der Waals surface area contributed by atoms with Crippen LogP contribution in [0.15, 0.2) is 18.2 Å². The fourth-order valence-electron chi connectivity index (χ4n) is 1.73. The Morgan fingerprint density at radius 2 is 2.00 bits per heavy atom. The Bertz CT molecular complexity index is 480. The summed E-state index contributed by atoms with van der Waals surface area (Å²) in [6.45, 7) is 9.72. The van der Waals surface area contributed by atoms with Gasteiger partial charge in [0.1, 0.15) is 0 Å². The molecule has 118 valence electrons. The summed E-state index contributed by atoms with van der Waals surface area (Å²) in [4.78, 5) is 12.0. The molecule has 1 aromatic rings. The average Bonchev–Trinajstić information content (AvgIpc) is 2.39. The van der Waals surface area contributed by atoms with Gasteiger partial charge in [0.2, 0.25) is 0 Å². The first-order valence-electron chi connectivity index (χ1n) is 7.12. The Morgan fingerprint density at radius 3 is 2.52 bits per heavy atom.